The Morgan fingerprint density at radius 3 is 2.00 bits per heavy atom. The van der Waals surface area contributed by atoms with Crippen LogP contribution in [0.5, 0.6) is 0 Å². The topological polar surface area (TPSA) is 0 Å². The van der Waals surface area contributed by atoms with Crippen molar-refractivity contribution < 1.29 is 0 Å². The van der Waals surface area contributed by atoms with Gasteiger partial charge >= 0.3 is 0 Å². The first-order valence-electron chi connectivity index (χ1n) is 3.82. The van der Waals surface area contributed by atoms with Gasteiger partial charge in [-0.05, 0) is 23.6 Å². The average molecular weight is 142 g/mol. The largest absolute Gasteiger partial charge is 0.0616 e. The summed E-state index contributed by atoms with van der Waals surface area (Å²) in [5.74, 6) is 0. The summed E-state index contributed by atoms with van der Waals surface area (Å²) in [7, 11) is 0. The molecule has 11 heavy (non-hydrogen) atoms. The first kappa shape index (κ1) is 6.41. The van der Waals surface area contributed by atoms with Gasteiger partial charge in [-0.2, -0.15) is 0 Å². The van der Waals surface area contributed by atoms with Gasteiger partial charge in [-0.15, -0.1) is 0 Å². The van der Waals surface area contributed by atoms with Crippen LogP contribution in [0.2, 0.25) is 0 Å². The second kappa shape index (κ2) is 2.39. The molecule has 2 bridgehead atoms. The molecule has 0 heteroatoms. The van der Waals surface area contributed by atoms with Crippen LogP contribution in [0.3, 0.4) is 0 Å². The van der Waals surface area contributed by atoms with Crippen molar-refractivity contribution in [3.8, 4) is 0 Å². The second-order valence-corrected chi connectivity index (χ2v) is 2.78. The van der Waals surface area contributed by atoms with Crippen molar-refractivity contribution in [2.45, 2.75) is 6.92 Å². The monoisotopic (exact) mass is 142 g/mol. The predicted molar refractivity (Wildman–Crippen MR) is 49.2 cm³/mol. The van der Waals surface area contributed by atoms with Gasteiger partial charge in [-0.25, -0.2) is 0 Å². The fourth-order valence-electron chi connectivity index (χ4n) is 1.35. The third kappa shape index (κ3) is 1.01. The Hall–Kier alpha value is -1.30. The van der Waals surface area contributed by atoms with Crippen LogP contribution in [0.1, 0.15) is 16.7 Å². The van der Waals surface area contributed by atoms with Crippen LogP contribution >= 0.6 is 0 Å². The molecule has 0 radical (unpaired) electrons. The van der Waals surface area contributed by atoms with Crippen molar-refractivity contribution in [2.75, 3.05) is 0 Å². The van der Waals surface area contributed by atoms with Crippen LogP contribution in [-0.4, -0.2) is 0 Å². The molecule has 0 aromatic heterocycles. The van der Waals surface area contributed by atoms with E-state index in [1.54, 1.807) is 0 Å². The Labute approximate surface area is 66.9 Å². The summed E-state index contributed by atoms with van der Waals surface area (Å²) in [6.45, 7) is 2.16. The summed E-state index contributed by atoms with van der Waals surface area (Å²) in [6, 6.07) is 6.38. The van der Waals surface area contributed by atoms with E-state index in [1.807, 2.05) is 0 Å². The van der Waals surface area contributed by atoms with E-state index in [9.17, 15) is 0 Å². The van der Waals surface area contributed by atoms with Gasteiger partial charge in [0, 0.05) is 0 Å². The van der Waals surface area contributed by atoms with Crippen molar-refractivity contribution in [3.05, 3.63) is 47.0 Å². The van der Waals surface area contributed by atoms with Gasteiger partial charge in [0.1, 0.15) is 0 Å². The van der Waals surface area contributed by atoms with Crippen LogP contribution < -0.4 is 0 Å². The maximum atomic E-state index is 2.16. The van der Waals surface area contributed by atoms with E-state index >= 15 is 0 Å². The predicted octanol–water partition coefficient (Wildman–Crippen LogP) is 3.04. The molecule has 0 unspecified atom stereocenters. The number of hydrogen-bond donors (Lipinski definition) is 0. The lowest BCUT2D eigenvalue weighted by molar-refractivity contribution is 1.42. The van der Waals surface area contributed by atoms with E-state index in [1.165, 1.54) is 16.7 Å². The van der Waals surface area contributed by atoms with Gasteiger partial charge in [-0.1, -0.05) is 42.5 Å². The Morgan fingerprint density at radius 2 is 1.45 bits per heavy atom. The van der Waals surface area contributed by atoms with Crippen LogP contribution in [0, 0.1) is 6.92 Å². The smallest absolute Gasteiger partial charge is 0.0221 e. The minimum Gasteiger partial charge on any atom is -0.0616 e. The first-order valence-corrected chi connectivity index (χ1v) is 3.82. The fourth-order valence-corrected chi connectivity index (χ4v) is 1.35. The third-order valence-electron chi connectivity index (χ3n) is 2.08. The Morgan fingerprint density at radius 1 is 0.909 bits per heavy atom. The number of fused-ring (bicyclic) bond motifs is 2. The van der Waals surface area contributed by atoms with Gasteiger partial charge < -0.3 is 0 Å². The molecule has 0 fully saturated rings. The highest BCUT2D eigenvalue weighted by Gasteiger charge is 1.99. The van der Waals surface area contributed by atoms with Crippen LogP contribution in [0.25, 0.3) is 12.2 Å². The van der Waals surface area contributed by atoms with E-state index in [-0.39, 0.29) is 0 Å². The molecule has 0 atom stereocenters. The highest BCUT2D eigenvalue weighted by molar-refractivity contribution is 5.68. The number of rotatable bonds is 0. The number of benzene rings is 1. The Kier molecular flexibility index (Phi) is 1.39. The van der Waals surface area contributed by atoms with E-state index in [2.05, 4.69) is 49.4 Å². The fraction of sp³-hybridized carbons (Fsp3) is 0.0909. The molecule has 0 amide bonds. The number of hydrogen-bond acceptors (Lipinski definition) is 0. The summed E-state index contributed by atoms with van der Waals surface area (Å²) in [6.07, 6.45) is 8.44. The minimum atomic E-state index is 1.33. The molecule has 2 rings (SSSR count). The van der Waals surface area contributed by atoms with Crippen LogP contribution in [-0.2, 0) is 0 Å². The van der Waals surface area contributed by atoms with Crippen molar-refractivity contribution >= 4 is 12.2 Å². The lowest BCUT2D eigenvalue weighted by Gasteiger charge is -2.01. The average Bonchev–Trinajstić information content (AvgIpc) is 2.17. The molecule has 0 saturated carbocycles. The van der Waals surface area contributed by atoms with Crippen LogP contribution in [0.15, 0.2) is 30.4 Å². The molecule has 0 nitrogen and oxygen atoms in total. The van der Waals surface area contributed by atoms with Crippen molar-refractivity contribution in [3.63, 3.8) is 0 Å². The molecule has 0 heterocycles. The molecule has 54 valence electrons. The minimum absolute atomic E-state index is 1.33. The second-order valence-electron chi connectivity index (χ2n) is 2.78. The molecule has 0 spiro atoms. The molecule has 1 aromatic carbocycles. The van der Waals surface area contributed by atoms with E-state index in [0.717, 1.165) is 0 Å². The molecule has 1 aromatic rings. The van der Waals surface area contributed by atoms with Crippen molar-refractivity contribution in [2.24, 2.45) is 0 Å². The van der Waals surface area contributed by atoms with Gasteiger partial charge in [0.25, 0.3) is 0 Å². The SMILES string of the molecule is Cc1c2cccc1C=CC=C2. The zero-order valence-electron chi connectivity index (χ0n) is 6.54. The summed E-state index contributed by atoms with van der Waals surface area (Å²) >= 11 is 0. The van der Waals surface area contributed by atoms with Crippen molar-refractivity contribution in [1.29, 1.82) is 0 Å². The third-order valence-corrected chi connectivity index (χ3v) is 2.08. The zero-order chi connectivity index (χ0) is 7.68. The summed E-state index contributed by atoms with van der Waals surface area (Å²) in [5, 5.41) is 0. The maximum Gasteiger partial charge on any atom is -0.0221 e. The highest BCUT2D eigenvalue weighted by Crippen LogP contribution is 2.19. The Bertz CT molecular complexity index is 300. The molecular formula is C11H10. The maximum absolute atomic E-state index is 2.16. The van der Waals surface area contributed by atoms with Gasteiger partial charge in [-0.3, -0.25) is 0 Å². The molecule has 1 aliphatic carbocycles. The zero-order valence-corrected chi connectivity index (χ0v) is 6.54. The normalized spacial score (nSPS) is 13.2. The van der Waals surface area contributed by atoms with Gasteiger partial charge in [0.2, 0.25) is 0 Å². The summed E-state index contributed by atoms with van der Waals surface area (Å²) in [5.41, 5.74) is 4.03. The molecule has 0 N–H and O–H groups in total. The lowest BCUT2D eigenvalue weighted by Crippen LogP contribution is -1.82. The summed E-state index contributed by atoms with van der Waals surface area (Å²) < 4.78 is 0. The Balaban J connectivity index is 2.74. The van der Waals surface area contributed by atoms with E-state index in [4.69, 9.17) is 0 Å². The number of allylic oxidation sites excluding steroid dienone is 2. The highest BCUT2D eigenvalue weighted by atomic mass is 14.0. The van der Waals surface area contributed by atoms with Crippen LogP contribution in [0.4, 0.5) is 0 Å². The lowest BCUT2D eigenvalue weighted by atomic mass is 10.0. The molecule has 1 aliphatic rings. The summed E-state index contributed by atoms with van der Waals surface area (Å²) in [4.78, 5) is 0. The molecule has 0 saturated heterocycles. The van der Waals surface area contributed by atoms with E-state index in [0.29, 0.717) is 0 Å². The molecular weight excluding hydrogens is 132 g/mol. The standard InChI is InChI=1S/C11H10/c1-9-10-5-2-3-6-11(9)8-4-7-10/h2-8H,1H3. The van der Waals surface area contributed by atoms with Gasteiger partial charge in [0.15, 0.2) is 0 Å². The first-order chi connectivity index (χ1) is 5.38. The quantitative estimate of drug-likeness (QED) is 0.522. The van der Waals surface area contributed by atoms with Gasteiger partial charge in [0.05, 0.1) is 0 Å². The molecule has 0 aliphatic heterocycles. The van der Waals surface area contributed by atoms with E-state index < -0.39 is 0 Å². The van der Waals surface area contributed by atoms with Crippen molar-refractivity contribution in [1.82, 2.24) is 0 Å².